The first-order valence-electron chi connectivity index (χ1n) is 8.08. The number of urea groups is 1. The van der Waals surface area contributed by atoms with Crippen molar-refractivity contribution in [3.8, 4) is 0 Å². The van der Waals surface area contributed by atoms with E-state index in [1.54, 1.807) is 0 Å². The molecule has 4 unspecified atom stereocenters. The van der Waals surface area contributed by atoms with Crippen LogP contribution < -0.4 is 5.32 Å². The smallest absolute Gasteiger partial charge is 0.317 e. The van der Waals surface area contributed by atoms with Crippen molar-refractivity contribution in [1.29, 1.82) is 0 Å². The summed E-state index contributed by atoms with van der Waals surface area (Å²) < 4.78 is 5.77. The molecule has 3 heterocycles. The van der Waals surface area contributed by atoms with Gasteiger partial charge in [-0.1, -0.05) is 0 Å². The fourth-order valence-corrected chi connectivity index (χ4v) is 3.89. The second-order valence-electron chi connectivity index (χ2n) is 6.44. The molecule has 0 aromatic rings. The van der Waals surface area contributed by atoms with Crippen LogP contribution in [-0.2, 0) is 9.53 Å². The molecule has 118 valence electrons. The Labute approximate surface area is 124 Å². The Morgan fingerprint density at radius 2 is 2.10 bits per heavy atom. The molecule has 2 bridgehead atoms. The summed E-state index contributed by atoms with van der Waals surface area (Å²) >= 11 is 0. The van der Waals surface area contributed by atoms with Crippen molar-refractivity contribution in [3.05, 3.63) is 0 Å². The van der Waals surface area contributed by atoms with Crippen molar-refractivity contribution in [2.24, 2.45) is 0 Å². The lowest BCUT2D eigenvalue weighted by molar-refractivity contribution is -0.137. The molecule has 0 aromatic heterocycles. The number of carbonyl (C=O) groups excluding carboxylic acids is 1. The van der Waals surface area contributed by atoms with E-state index in [0.717, 1.165) is 45.1 Å². The average Bonchev–Trinajstić information content (AvgIpc) is 3.08. The molecule has 0 saturated carbocycles. The molecular weight excluding hydrogens is 272 g/mol. The number of hydrogen-bond donors (Lipinski definition) is 2. The zero-order chi connectivity index (χ0) is 14.8. The molecule has 4 atom stereocenters. The number of carbonyl (C=O) groups is 2. The normalized spacial score (nSPS) is 35.0. The third-order valence-corrected chi connectivity index (χ3v) is 4.99. The summed E-state index contributed by atoms with van der Waals surface area (Å²) in [5.41, 5.74) is 0. The number of nitrogens with one attached hydrogen (secondary N) is 1. The van der Waals surface area contributed by atoms with Crippen LogP contribution in [0.2, 0.25) is 0 Å². The quantitative estimate of drug-likeness (QED) is 0.828. The Hall–Kier alpha value is -1.30. The van der Waals surface area contributed by atoms with Crippen LogP contribution in [0, 0.1) is 0 Å². The largest absolute Gasteiger partial charge is 0.481 e. The molecule has 6 heteroatoms. The molecule has 0 aromatic carbocycles. The summed E-state index contributed by atoms with van der Waals surface area (Å²) in [6.45, 7) is 0.734. The van der Waals surface area contributed by atoms with Crippen molar-refractivity contribution in [1.82, 2.24) is 10.2 Å². The molecule has 3 saturated heterocycles. The fourth-order valence-electron chi connectivity index (χ4n) is 3.89. The number of rotatable bonds is 4. The number of fused-ring (bicyclic) bond motifs is 2. The van der Waals surface area contributed by atoms with Gasteiger partial charge >= 0.3 is 12.0 Å². The maximum absolute atomic E-state index is 12.5. The zero-order valence-corrected chi connectivity index (χ0v) is 12.3. The first-order chi connectivity index (χ1) is 10.1. The standard InChI is InChI=1S/C15H24N2O4/c18-14(19)7-4-10-3-1-2-8-17(10)15(20)16-12-9-11-5-6-13(12)21-11/h10-13H,1-9H2,(H,16,20)(H,18,19). The van der Waals surface area contributed by atoms with E-state index in [1.807, 2.05) is 4.90 Å². The lowest BCUT2D eigenvalue weighted by Crippen LogP contribution is -2.53. The molecule has 3 rings (SSSR count). The van der Waals surface area contributed by atoms with Gasteiger partial charge in [-0.25, -0.2) is 4.79 Å². The zero-order valence-electron chi connectivity index (χ0n) is 12.3. The fraction of sp³-hybridized carbons (Fsp3) is 0.867. The van der Waals surface area contributed by atoms with Gasteiger partial charge in [0.15, 0.2) is 0 Å². The summed E-state index contributed by atoms with van der Waals surface area (Å²) in [5.74, 6) is -0.789. The Morgan fingerprint density at radius 3 is 2.76 bits per heavy atom. The summed E-state index contributed by atoms with van der Waals surface area (Å²) in [6.07, 6.45) is 7.25. The van der Waals surface area contributed by atoms with Crippen LogP contribution in [0.4, 0.5) is 4.79 Å². The van der Waals surface area contributed by atoms with E-state index in [2.05, 4.69) is 5.32 Å². The van der Waals surface area contributed by atoms with Crippen molar-refractivity contribution < 1.29 is 19.4 Å². The summed E-state index contributed by atoms with van der Waals surface area (Å²) in [5, 5.41) is 11.9. The van der Waals surface area contributed by atoms with E-state index < -0.39 is 5.97 Å². The van der Waals surface area contributed by atoms with E-state index in [0.29, 0.717) is 12.5 Å². The van der Waals surface area contributed by atoms with Gasteiger partial charge in [0.2, 0.25) is 0 Å². The minimum atomic E-state index is -0.789. The maximum Gasteiger partial charge on any atom is 0.317 e. The average molecular weight is 296 g/mol. The molecule has 3 aliphatic rings. The molecule has 3 aliphatic heterocycles. The highest BCUT2D eigenvalue weighted by atomic mass is 16.5. The first-order valence-corrected chi connectivity index (χ1v) is 8.08. The van der Waals surface area contributed by atoms with E-state index in [4.69, 9.17) is 9.84 Å². The molecule has 0 aliphatic carbocycles. The van der Waals surface area contributed by atoms with Crippen molar-refractivity contribution in [3.63, 3.8) is 0 Å². The number of hydrogen-bond acceptors (Lipinski definition) is 3. The van der Waals surface area contributed by atoms with Crippen LogP contribution in [-0.4, -0.2) is 52.8 Å². The Kier molecular flexibility index (Phi) is 4.33. The molecule has 21 heavy (non-hydrogen) atoms. The van der Waals surface area contributed by atoms with E-state index in [-0.39, 0.29) is 30.6 Å². The lowest BCUT2D eigenvalue weighted by atomic mass is 9.95. The van der Waals surface area contributed by atoms with Crippen LogP contribution in [0.25, 0.3) is 0 Å². The summed E-state index contributed by atoms with van der Waals surface area (Å²) in [7, 11) is 0. The van der Waals surface area contributed by atoms with Crippen LogP contribution >= 0.6 is 0 Å². The second kappa shape index (κ2) is 6.22. The molecule has 2 N–H and O–H groups in total. The predicted octanol–water partition coefficient (Wildman–Crippen LogP) is 1.74. The van der Waals surface area contributed by atoms with Gasteiger partial charge in [0, 0.05) is 19.0 Å². The predicted molar refractivity (Wildman–Crippen MR) is 76.0 cm³/mol. The van der Waals surface area contributed by atoms with Crippen LogP contribution in [0.5, 0.6) is 0 Å². The lowest BCUT2D eigenvalue weighted by Gasteiger charge is -2.37. The number of likely N-dealkylation sites (tertiary alicyclic amines) is 1. The van der Waals surface area contributed by atoms with Gasteiger partial charge in [-0.05, 0) is 44.9 Å². The van der Waals surface area contributed by atoms with Gasteiger partial charge in [0.1, 0.15) is 0 Å². The number of carboxylic acid groups (broad SMARTS) is 1. The van der Waals surface area contributed by atoms with Gasteiger partial charge in [0.05, 0.1) is 18.2 Å². The van der Waals surface area contributed by atoms with Gasteiger partial charge in [-0.15, -0.1) is 0 Å². The van der Waals surface area contributed by atoms with Crippen LogP contribution in [0.15, 0.2) is 0 Å². The van der Waals surface area contributed by atoms with Crippen LogP contribution in [0.3, 0.4) is 0 Å². The number of amides is 2. The number of piperidine rings is 1. The van der Waals surface area contributed by atoms with E-state index >= 15 is 0 Å². The van der Waals surface area contributed by atoms with E-state index in [1.165, 1.54) is 0 Å². The number of ether oxygens (including phenoxy) is 1. The second-order valence-corrected chi connectivity index (χ2v) is 6.44. The minimum absolute atomic E-state index is 0.0359. The first kappa shape index (κ1) is 14.6. The minimum Gasteiger partial charge on any atom is -0.481 e. The molecule has 0 spiro atoms. The SMILES string of the molecule is O=C(O)CCC1CCCCN1C(=O)NC1CC2CCC1O2. The van der Waals surface area contributed by atoms with E-state index in [9.17, 15) is 9.59 Å². The molecule has 3 fully saturated rings. The monoisotopic (exact) mass is 296 g/mol. The molecule has 6 nitrogen and oxygen atoms in total. The van der Waals surface area contributed by atoms with Gasteiger partial charge < -0.3 is 20.1 Å². The number of nitrogens with zero attached hydrogens (tertiary/aromatic N) is 1. The maximum atomic E-state index is 12.5. The third-order valence-electron chi connectivity index (χ3n) is 4.99. The van der Waals surface area contributed by atoms with Crippen molar-refractivity contribution in [2.45, 2.75) is 75.7 Å². The number of aliphatic carboxylic acids is 1. The van der Waals surface area contributed by atoms with Crippen LogP contribution in [0.1, 0.15) is 51.4 Å². The Balaban J connectivity index is 1.54. The number of carboxylic acids is 1. The Bertz CT molecular complexity index is 414. The van der Waals surface area contributed by atoms with Crippen molar-refractivity contribution in [2.75, 3.05) is 6.54 Å². The van der Waals surface area contributed by atoms with Gasteiger partial charge in [-0.3, -0.25) is 4.79 Å². The summed E-state index contributed by atoms with van der Waals surface area (Å²) in [4.78, 5) is 25.1. The Morgan fingerprint density at radius 1 is 1.24 bits per heavy atom. The summed E-state index contributed by atoms with van der Waals surface area (Å²) in [6, 6.07) is 0.166. The molecule has 0 radical (unpaired) electrons. The highest BCUT2D eigenvalue weighted by Gasteiger charge is 2.42. The third kappa shape index (κ3) is 3.31. The van der Waals surface area contributed by atoms with Gasteiger partial charge in [-0.2, -0.15) is 0 Å². The van der Waals surface area contributed by atoms with Crippen molar-refractivity contribution >= 4 is 12.0 Å². The van der Waals surface area contributed by atoms with Gasteiger partial charge in [0.25, 0.3) is 0 Å². The molecule has 2 amide bonds. The highest BCUT2D eigenvalue weighted by Crippen LogP contribution is 2.34. The highest BCUT2D eigenvalue weighted by molar-refractivity contribution is 5.75. The topological polar surface area (TPSA) is 78.9 Å². The molecular formula is C15H24N2O4.